The van der Waals surface area contributed by atoms with Crippen LogP contribution >= 0.6 is 0 Å². The minimum Gasteiger partial charge on any atom is -0.493 e. The van der Waals surface area contributed by atoms with Gasteiger partial charge in [-0.15, -0.1) is 6.58 Å². The van der Waals surface area contributed by atoms with Gasteiger partial charge in [-0.2, -0.15) is 0 Å². The maximum absolute atomic E-state index is 5.54. The van der Waals surface area contributed by atoms with E-state index in [0.717, 1.165) is 24.1 Å². The molecule has 0 fully saturated rings. The molecule has 1 atom stereocenters. The van der Waals surface area contributed by atoms with Crippen LogP contribution in [-0.4, -0.2) is 27.9 Å². The molecule has 1 aromatic rings. The predicted molar refractivity (Wildman–Crippen MR) is 81.9 cm³/mol. The summed E-state index contributed by atoms with van der Waals surface area (Å²) < 4.78 is 16.3. The first-order chi connectivity index (χ1) is 9.58. The van der Waals surface area contributed by atoms with E-state index in [0.29, 0.717) is 17.2 Å². The molecule has 4 heteroatoms. The Hall–Kier alpha value is -1.68. The van der Waals surface area contributed by atoms with E-state index in [1.165, 1.54) is 0 Å². The van der Waals surface area contributed by atoms with Crippen LogP contribution in [0.25, 0.3) is 0 Å². The average molecular weight is 279 g/mol. The molecule has 1 unspecified atom stereocenters. The standard InChI is InChI=1S/C16H25NO3/c1-7-17-13(10-11(2)3)12-8-9-14(18-4)16(20-6)15(12)19-5/h8-9,13,17H,2,7,10H2,1,3-6H3. The number of ether oxygens (including phenoxy) is 3. The molecule has 0 saturated heterocycles. The van der Waals surface area contributed by atoms with E-state index in [4.69, 9.17) is 14.2 Å². The molecule has 0 spiro atoms. The van der Waals surface area contributed by atoms with Gasteiger partial charge in [-0.25, -0.2) is 0 Å². The molecule has 0 aliphatic heterocycles. The second-order valence-electron chi connectivity index (χ2n) is 4.70. The van der Waals surface area contributed by atoms with Crippen molar-refractivity contribution in [2.45, 2.75) is 26.3 Å². The van der Waals surface area contributed by atoms with Crippen LogP contribution < -0.4 is 19.5 Å². The maximum atomic E-state index is 5.54. The van der Waals surface area contributed by atoms with Crippen LogP contribution in [0, 0.1) is 0 Å². The lowest BCUT2D eigenvalue weighted by Gasteiger charge is -2.23. The Morgan fingerprint density at radius 2 is 1.80 bits per heavy atom. The van der Waals surface area contributed by atoms with Gasteiger partial charge in [0.2, 0.25) is 5.75 Å². The third kappa shape index (κ3) is 3.67. The lowest BCUT2D eigenvalue weighted by Crippen LogP contribution is -2.22. The zero-order valence-electron chi connectivity index (χ0n) is 13.1. The normalized spacial score (nSPS) is 11.8. The molecular weight excluding hydrogens is 254 g/mol. The largest absolute Gasteiger partial charge is 0.493 e. The molecule has 0 heterocycles. The monoisotopic (exact) mass is 279 g/mol. The Morgan fingerprint density at radius 3 is 2.25 bits per heavy atom. The summed E-state index contributed by atoms with van der Waals surface area (Å²) in [6.07, 6.45) is 0.847. The molecular formula is C16H25NO3. The first kappa shape index (κ1) is 16.4. The molecule has 0 aliphatic carbocycles. The van der Waals surface area contributed by atoms with E-state index in [1.54, 1.807) is 21.3 Å². The van der Waals surface area contributed by atoms with Crippen LogP contribution in [0.2, 0.25) is 0 Å². The maximum Gasteiger partial charge on any atom is 0.203 e. The number of nitrogens with one attached hydrogen (secondary N) is 1. The van der Waals surface area contributed by atoms with E-state index < -0.39 is 0 Å². The minimum atomic E-state index is 0.146. The molecule has 112 valence electrons. The molecule has 0 bridgehead atoms. The number of rotatable bonds is 8. The van der Waals surface area contributed by atoms with E-state index in [2.05, 4.69) is 18.8 Å². The highest BCUT2D eigenvalue weighted by molar-refractivity contribution is 5.56. The van der Waals surface area contributed by atoms with Gasteiger partial charge in [0.05, 0.1) is 21.3 Å². The van der Waals surface area contributed by atoms with Crippen molar-refractivity contribution in [3.8, 4) is 17.2 Å². The van der Waals surface area contributed by atoms with Crippen molar-refractivity contribution < 1.29 is 14.2 Å². The van der Waals surface area contributed by atoms with E-state index in [1.807, 2.05) is 19.1 Å². The molecule has 4 nitrogen and oxygen atoms in total. The van der Waals surface area contributed by atoms with E-state index >= 15 is 0 Å². The van der Waals surface area contributed by atoms with Crippen molar-refractivity contribution in [3.05, 3.63) is 29.8 Å². The van der Waals surface area contributed by atoms with Crippen molar-refractivity contribution >= 4 is 0 Å². The average Bonchev–Trinajstić information content (AvgIpc) is 2.44. The quantitative estimate of drug-likeness (QED) is 0.741. The van der Waals surface area contributed by atoms with Gasteiger partial charge in [0.25, 0.3) is 0 Å². The van der Waals surface area contributed by atoms with Crippen LogP contribution in [0.3, 0.4) is 0 Å². The summed E-state index contributed by atoms with van der Waals surface area (Å²) in [4.78, 5) is 0. The van der Waals surface area contributed by atoms with Gasteiger partial charge < -0.3 is 19.5 Å². The SMILES string of the molecule is C=C(C)CC(NCC)c1ccc(OC)c(OC)c1OC. The third-order valence-electron chi connectivity index (χ3n) is 3.11. The van der Waals surface area contributed by atoms with Crippen molar-refractivity contribution in [1.29, 1.82) is 0 Å². The molecule has 0 amide bonds. The summed E-state index contributed by atoms with van der Waals surface area (Å²) in [5.41, 5.74) is 2.17. The smallest absolute Gasteiger partial charge is 0.203 e. The Balaban J connectivity index is 3.29. The molecule has 0 saturated carbocycles. The molecule has 1 rings (SSSR count). The molecule has 0 aromatic heterocycles. The zero-order chi connectivity index (χ0) is 15.1. The summed E-state index contributed by atoms with van der Waals surface area (Å²) in [7, 11) is 4.88. The summed E-state index contributed by atoms with van der Waals surface area (Å²) >= 11 is 0. The van der Waals surface area contributed by atoms with Gasteiger partial charge in [0.1, 0.15) is 0 Å². The van der Waals surface area contributed by atoms with Gasteiger partial charge in [-0.05, 0) is 32.0 Å². The Labute approximate surface area is 121 Å². The number of benzene rings is 1. The minimum absolute atomic E-state index is 0.146. The van der Waals surface area contributed by atoms with Gasteiger partial charge in [0.15, 0.2) is 11.5 Å². The van der Waals surface area contributed by atoms with Gasteiger partial charge in [-0.1, -0.05) is 12.5 Å². The van der Waals surface area contributed by atoms with E-state index in [-0.39, 0.29) is 6.04 Å². The molecule has 1 aromatic carbocycles. The van der Waals surface area contributed by atoms with Gasteiger partial charge >= 0.3 is 0 Å². The second kappa shape index (κ2) is 7.80. The topological polar surface area (TPSA) is 39.7 Å². The number of hydrogen-bond donors (Lipinski definition) is 1. The number of methoxy groups -OCH3 is 3. The van der Waals surface area contributed by atoms with Gasteiger partial charge in [0, 0.05) is 11.6 Å². The Kier molecular flexibility index (Phi) is 6.39. The summed E-state index contributed by atoms with van der Waals surface area (Å²) in [5, 5.41) is 3.46. The van der Waals surface area contributed by atoms with Crippen molar-refractivity contribution in [3.63, 3.8) is 0 Å². The summed E-state index contributed by atoms with van der Waals surface area (Å²) in [5.74, 6) is 2.00. The lowest BCUT2D eigenvalue weighted by atomic mass is 9.98. The van der Waals surface area contributed by atoms with Crippen LogP contribution in [-0.2, 0) is 0 Å². The summed E-state index contributed by atoms with van der Waals surface area (Å²) in [6, 6.07) is 4.06. The lowest BCUT2D eigenvalue weighted by molar-refractivity contribution is 0.319. The third-order valence-corrected chi connectivity index (χ3v) is 3.11. The van der Waals surface area contributed by atoms with Crippen molar-refractivity contribution in [2.75, 3.05) is 27.9 Å². The second-order valence-corrected chi connectivity index (χ2v) is 4.70. The fourth-order valence-corrected chi connectivity index (χ4v) is 2.29. The molecule has 0 aliphatic rings. The van der Waals surface area contributed by atoms with Crippen LogP contribution in [0.15, 0.2) is 24.3 Å². The highest BCUT2D eigenvalue weighted by Gasteiger charge is 2.21. The first-order valence-corrected chi connectivity index (χ1v) is 6.75. The van der Waals surface area contributed by atoms with Crippen LogP contribution in [0.1, 0.15) is 31.9 Å². The Morgan fingerprint density at radius 1 is 1.15 bits per heavy atom. The van der Waals surface area contributed by atoms with Crippen LogP contribution in [0.5, 0.6) is 17.2 Å². The predicted octanol–water partition coefficient (Wildman–Crippen LogP) is 3.33. The molecule has 20 heavy (non-hydrogen) atoms. The van der Waals surface area contributed by atoms with Crippen LogP contribution in [0.4, 0.5) is 0 Å². The first-order valence-electron chi connectivity index (χ1n) is 6.75. The summed E-state index contributed by atoms with van der Waals surface area (Å²) in [6.45, 7) is 8.98. The highest BCUT2D eigenvalue weighted by atomic mass is 16.5. The van der Waals surface area contributed by atoms with Crippen molar-refractivity contribution in [1.82, 2.24) is 5.32 Å². The van der Waals surface area contributed by atoms with Crippen molar-refractivity contribution in [2.24, 2.45) is 0 Å². The highest BCUT2D eigenvalue weighted by Crippen LogP contribution is 2.43. The molecule has 1 N–H and O–H groups in total. The van der Waals surface area contributed by atoms with E-state index in [9.17, 15) is 0 Å². The number of hydrogen-bond acceptors (Lipinski definition) is 4. The fraction of sp³-hybridized carbons (Fsp3) is 0.500. The zero-order valence-corrected chi connectivity index (χ0v) is 13.1. The van der Waals surface area contributed by atoms with Gasteiger partial charge in [-0.3, -0.25) is 0 Å². The molecule has 0 radical (unpaired) electrons. The Bertz CT molecular complexity index is 457. The fourth-order valence-electron chi connectivity index (χ4n) is 2.29.